The molecule has 0 aliphatic carbocycles. The highest BCUT2D eigenvalue weighted by Crippen LogP contribution is 2.42. The van der Waals surface area contributed by atoms with Gasteiger partial charge in [0.1, 0.15) is 5.76 Å². The summed E-state index contributed by atoms with van der Waals surface area (Å²) in [6, 6.07) is 17.0. The number of aliphatic hydroxyl groups is 1. The van der Waals surface area contributed by atoms with Gasteiger partial charge in [-0.05, 0) is 48.7 Å². The monoisotopic (exact) mass is 517 g/mol. The van der Waals surface area contributed by atoms with Crippen LogP contribution in [0.1, 0.15) is 28.3 Å². The second kappa shape index (κ2) is 11.3. The average molecular weight is 518 g/mol. The molecular weight excluding hydrogens is 486 g/mol. The molecule has 38 heavy (non-hydrogen) atoms. The molecule has 4 rings (SSSR count). The van der Waals surface area contributed by atoms with Gasteiger partial charge in [0, 0.05) is 12.1 Å². The summed E-state index contributed by atoms with van der Waals surface area (Å²) in [4.78, 5) is 28.2. The molecule has 1 amide bonds. The first kappa shape index (κ1) is 26.6. The summed E-state index contributed by atoms with van der Waals surface area (Å²) in [5, 5.41) is 11.3. The number of amides is 1. The van der Waals surface area contributed by atoms with Gasteiger partial charge in [0.05, 0.1) is 40.1 Å². The standard InChI is InChI=1S/C30H31NO7/c1-18-6-9-20(10-7-18)28(32)26-27(21-11-13-23(36-3)25(17-21)38-5)31(30(34)29(26)33)15-14-19-8-12-22(35-2)24(16-19)37-4/h6-13,16-17,27,32H,14-15H2,1-5H3/t27-/m0/s1. The molecule has 198 valence electrons. The minimum absolute atomic E-state index is 0.0263. The van der Waals surface area contributed by atoms with Crippen molar-refractivity contribution in [3.05, 3.63) is 88.5 Å². The fourth-order valence-corrected chi connectivity index (χ4v) is 4.63. The Kier molecular flexibility index (Phi) is 7.90. The van der Waals surface area contributed by atoms with Crippen molar-refractivity contribution in [2.45, 2.75) is 19.4 Å². The van der Waals surface area contributed by atoms with E-state index in [1.807, 2.05) is 31.2 Å². The van der Waals surface area contributed by atoms with Gasteiger partial charge in [-0.3, -0.25) is 9.59 Å². The molecule has 8 nitrogen and oxygen atoms in total. The van der Waals surface area contributed by atoms with Gasteiger partial charge in [-0.2, -0.15) is 0 Å². The molecule has 8 heteroatoms. The van der Waals surface area contributed by atoms with Gasteiger partial charge in [0.15, 0.2) is 23.0 Å². The summed E-state index contributed by atoms with van der Waals surface area (Å²) in [5.74, 6) is 0.483. The number of nitrogens with zero attached hydrogens (tertiary/aromatic N) is 1. The number of ether oxygens (including phenoxy) is 4. The molecule has 1 atom stereocenters. The third-order valence-corrected chi connectivity index (χ3v) is 6.68. The van der Waals surface area contributed by atoms with Crippen molar-refractivity contribution in [2.75, 3.05) is 35.0 Å². The van der Waals surface area contributed by atoms with Gasteiger partial charge in [-0.25, -0.2) is 0 Å². The molecule has 1 heterocycles. The number of carbonyl (C=O) groups is 2. The Bertz CT molecular complexity index is 1380. The van der Waals surface area contributed by atoms with E-state index in [4.69, 9.17) is 18.9 Å². The highest BCUT2D eigenvalue weighted by molar-refractivity contribution is 6.46. The summed E-state index contributed by atoms with van der Waals surface area (Å²) >= 11 is 0. The number of aryl methyl sites for hydroxylation is 1. The van der Waals surface area contributed by atoms with Gasteiger partial charge in [-0.1, -0.05) is 42.0 Å². The lowest BCUT2D eigenvalue weighted by atomic mass is 9.94. The van der Waals surface area contributed by atoms with Crippen LogP contribution in [-0.4, -0.2) is 56.7 Å². The molecule has 0 saturated carbocycles. The van der Waals surface area contributed by atoms with Crippen molar-refractivity contribution in [1.29, 1.82) is 0 Å². The van der Waals surface area contributed by atoms with Crippen LogP contribution >= 0.6 is 0 Å². The SMILES string of the molecule is COc1ccc(CCN2C(=O)C(=O)C(=C(O)c3ccc(C)cc3)[C@@H]2c2ccc(OC)c(OC)c2)cc1OC. The minimum atomic E-state index is -0.823. The first-order valence-electron chi connectivity index (χ1n) is 12.1. The molecule has 3 aromatic carbocycles. The first-order valence-corrected chi connectivity index (χ1v) is 12.1. The Morgan fingerprint density at radius 3 is 1.97 bits per heavy atom. The average Bonchev–Trinajstić information content (AvgIpc) is 3.20. The van der Waals surface area contributed by atoms with Gasteiger partial charge in [0.25, 0.3) is 11.7 Å². The summed E-state index contributed by atoms with van der Waals surface area (Å²) in [7, 11) is 6.17. The Morgan fingerprint density at radius 1 is 0.789 bits per heavy atom. The van der Waals surface area contributed by atoms with E-state index in [0.29, 0.717) is 40.5 Å². The maximum atomic E-state index is 13.4. The lowest BCUT2D eigenvalue weighted by Gasteiger charge is -2.26. The number of ketones is 1. The van der Waals surface area contributed by atoms with Crippen molar-refractivity contribution in [3.8, 4) is 23.0 Å². The Labute approximate surface area is 222 Å². The smallest absolute Gasteiger partial charge is 0.295 e. The largest absolute Gasteiger partial charge is 0.507 e. The van der Waals surface area contributed by atoms with E-state index in [2.05, 4.69) is 0 Å². The molecule has 1 saturated heterocycles. The van der Waals surface area contributed by atoms with Crippen molar-refractivity contribution in [3.63, 3.8) is 0 Å². The lowest BCUT2D eigenvalue weighted by Crippen LogP contribution is -2.31. The number of Topliss-reactive ketones (excluding diaryl/α,β-unsaturated/α-hetero) is 1. The van der Waals surface area contributed by atoms with Gasteiger partial charge >= 0.3 is 0 Å². The molecule has 3 aromatic rings. The summed E-state index contributed by atoms with van der Waals surface area (Å²) < 4.78 is 21.6. The van der Waals surface area contributed by atoms with Crippen LogP contribution in [0.25, 0.3) is 5.76 Å². The number of benzene rings is 3. The maximum absolute atomic E-state index is 13.4. The topological polar surface area (TPSA) is 94.5 Å². The van der Waals surface area contributed by atoms with Crippen molar-refractivity contribution in [2.24, 2.45) is 0 Å². The third kappa shape index (κ3) is 5.02. The molecule has 0 radical (unpaired) electrons. The highest BCUT2D eigenvalue weighted by atomic mass is 16.5. The van der Waals surface area contributed by atoms with Crippen LogP contribution in [0.5, 0.6) is 23.0 Å². The molecule has 1 aliphatic rings. The molecule has 1 fully saturated rings. The number of carbonyl (C=O) groups excluding carboxylic acids is 2. The quantitative estimate of drug-likeness (QED) is 0.250. The third-order valence-electron chi connectivity index (χ3n) is 6.68. The minimum Gasteiger partial charge on any atom is -0.507 e. The van der Waals surface area contributed by atoms with Crippen LogP contribution in [0.15, 0.2) is 66.2 Å². The van der Waals surface area contributed by atoms with Crippen LogP contribution in [0.3, 0.4) is 0 Å². The fourth-order valence-electron chi connectivity index (χ4n) is 4.63. The zero-order valence-corrected chi connectivity index (χ0v) is 22.1. The van der Waals surface area contributed by atoms with E-state index in [-0.39, 0.29) is 17.9 Å². The van der Waals surface area contributed by atoms with Gasteiger partial charge in [-0.15, -0.1) is 0 Å². The van der Waals surface area contributed by atoms with Crippen LogP contribution in [0, 0.1) is 6.92 Å². The number of hydrogen-bond acceptors (Lipinski definition) is 7. The van der Waals surface area contributed by atoms with E-state index in [9.17, 15) is 14.7 Å². The number of hydrogen-bond donors (Lipinski definition) is 1. The van der Waals surface area contributed by atoms with Crippen molar-refractivity contribution < 1.29 is 33.6 Å². The first-order chi connectivity index (χ1) is 18.3. The van der Waals surface area contributed by atoms with E-state index < -0.39 is 17.7 Å². The number of methoxy groups -OCH3 is 4. The summed E-state index contributed by atoms with van der Waals surface area (Å²) in [6.07, 6.45) is 0.446. The van der Waals surface area contributed by atoms with Crippen LogP contribution in [0.4, 0.5) is 0 Å². The second-order valence-corrected chi connectivity index (χ2v) is 8.91. The van der Waals surface area contributed by atoms with E-state index in [1.54, 1.807) is 50.6 Å². The number of rotatable bonds is 9. The molecule has 0 spiro atoms. The Morgan fingerprint density at radius 2 is 1.37 bits per heavy atom. The normalized spacial score (nSPS) is 16.4. The van der Waals surface area contributed by atoms with E-state index in [0.717, 1.165) is 11.1 Å². The Hall–Kier alpha value is -4.46. The van der Waals surface area contributed by atoms with Crippen LogP contribution in [-0.2, 0) is 16.0 Å². The zero-order valence-electron chi connectivity index (χ0n) is 22.1. The maximum Gasteiger partial charge on any atom is 0.295 e. The Balaban J connectivity index is 1.79. The number of aliphatic hydroxyl groups excluding tert-OH is 1. The molecule has 0 bridgehead atoms. The number of likely N-dealkylation sites (tertiary alicyclic amines) is 1. The summed E-state index contributed by atoms with van der Waals surface area (Å²) in [6.45, 7) is 2.16. The molecule has 1 N–H and O–H groups in total. The van der Waals surface area contributed by atoms with E-state index >= 15 is 0 Å². The fraction of sp³-hybridized carbons (Fsp3) is 0.267. The van der Waals surface area contributed by atoms with Crippen molar-refractivity contribution in [1.82, 2.24) is 4.90 Å². The summed E-state index contributed by atoms with van der Waals surface area (Å²) in [5.41, 5.74) is 3.00. The van der Waals surface area contributed by atoms with Gasteiger partial charge in [0.2, 0.25) is 0 Å². The molecule has 0 unspecified atom stereocenters. The lowest BCUT2D eigenvalue weighted by molar-refractivity contribution is -0.139. The van der Waals surface area contributed by atoms with Gasteiger partial charge < -0.3 is 29.0 Å². The highest BCUT2D eigenvalue weighted by Gasteiger charge is 2.46. The predicted octanol–water partition coefficient (Wildman–Crippen LogP) is 4.69. The van der Waals surface area contributed by atoms with Crippen LogP contribution < -0.4 is 18.9 Å². The second-order valence-electron chi connectivity index (χ2n) is 8.91. The predicted molar refractivity (Wildman–Crippen MR) is 143 cm³/mol. The van der Waals surface area contributed by atoms with Crippen LogP contribution in [0.2, 0.25) is 0 Å². The molecule has 1 aliphatic heterocycles. The van der Waals surface area contributed by atoms with E-state index in [1.165, 1.54) is 19.1 Å². The zero-order chi connectivity index (χ0) is 27.4. The molecular formula is C30H31NO7. The molecule has 0 aromatic heterocycles. The van der Waals surface area contributed by atoms with Crippen molar-refractivity contribution >= 4 is 17.4 Å².